The Bertz CT molecular complexity index is 1020. The van der Waals surface area contributed by atoms with Gasteiger partial charge >= 0.3 is 0 Å². The van der Waals surface area contributed by atoms with Crippen molar-refractivity contribution < 1.29 is 19.7 Å². The highest BCUT2D eigenvalue weighted by atomic mass is 32.2. The first-order chi connectivity index (χ1) is 17.3. The fourth-order valence-electron chi connectivity index (χ4n) is 3.97. The molecule has 4 atom stereocenters. The highest BCUT2D eigenvalue weighted by Gasteiger charge is 2.29. The third-order valence-electron chi connectivity index (χ3n) is 6.36. The average molecular weight is 510 g/mol. The van der Waals surface area contributed by atoms with Gasteiger partial charge in [0.1, 0.15) is 35.7 Å². The Morgan fingerprint density at radius 1 is 0.889 bits per heavy atom. The van der Waals surface area contributed by atoms with Crippen LogP contribution in [0.4, 0.5) is 0 Å². The topological polar surface area (TPSA) is 62.2 Å². The van der Waals surface area contributed by atoms with E-state index >= 15 is 0 Å². The maximum Gasteiger partial charge on any atom is 0.133 e. The molecule has 3 aromatic carbocycles. The first kappa shape index (κ1) is 27.8. The lowest BCUT2D eigenvalue weighted by Gasteiger charge is -2.24. The van der Waals surface area contributed by atoms with E-state index in [0.717, 1.165) is 40.6 Å². The van der Waals surface area contributed by atoms with Gasteiger partial charge in [-0.25, -0.2) is 0 Å². The second-order valence-corrected chi connectivity index (χ2v) is 10.6. The van der Waals surface area contributed by atoms with E-state index < -0.39 is 0 Å². The SMILES string of the molecule is CC1CSc2cc(O)ccc2O1.C[C@H]1CN([C@@H](C)COc2ccccc2)C[C@@H]1C.Oc1ccccc1. The van der Waals surface area contributed by atoms with Gasteiger partial charge in [0, 0.05) is 24.9 Å². The minimum absolute atomic E-state index is 0.270. The van der Waals surface area contributed by atoms with E-state index in [-0.39, 0.29) is 6.10 Å². The van der Waals surface area contributed by atoms with Crippen LogP contribution >= 0.6 is 11.8 Å². The minimum Gasteiger partial charge on any atom is -0.508 e. The number of likely N-dealkylation sites (tertiary alicyclic amines) is 1. The fraction of sp³-hybridized carbons (Fsp3) is 0.400. The van der Waals surface area contributed by atoms with Crippen LogP contribution in [0, 0.1) is 11.8 Å². The molecule has 6 heteroatoms. The van der Waals surface area contributed by atoms with Crippen LogP contribution < -0.4 is 9.47 Å². The summed E-state index contributed by atoms with van der Waals surface area (Å²) >= 11 is 1.73. The van der Waals surface area contributed by atoms with Gasteiger partial charge in [0.25, 0.3) is 0 Å². The van der Waals surface area contributed by atoms with Crippen LogP contribution in [-0.2, 0) is 0 Å². The average Bonchev–Trinajstić information content (AvgIpc) is 3.23. The van der Waals surface area contributed by atoms with Gasteiger partial charge in [-0.1, -0.05) is 50.2 Å². The molecule has 0 spiro atoms. The van der Waals surface area contributed by atoms with Gasteiger partial charge in [0.05, 0.1) is 4.90 Å². The van der Waals surface area contributed by atoms with Crippen LogP contribution in [-0.4, -0.2) is 52.7 Å². The summed E-state index contributed by atoms with van der Waals surface area (Å²) in [4.78, 5) is 3.58. The molecule has 3 aromatic rings. The van der Waals surface area contributed by atoms with Crippen molar-refractivity contribution in [2.45, 2.75) is 44.7 Å². The predicted molar refractivity (Wildman–Crippen MR) is 148 cm³/mol. The third kappa shape index (κ3) is 8.99. The van der Waals surface area contributed by atoms with Crippen molar-refractivity contribution in [2.24, 2.45) is 11.8 Å². The molecule has 1 unspecified atom stereocenters. The number of hydrogen-bond acceptors (Lipinski definition) is 6. The Morgan fingerprint density at radius 3 is 2.08 bits per heavy atom. The molecule has 0 saturated carbocycles. The summed E-state index contributed by atoms with van der Waals surface area (Å²) < 4.78 is 11.4. The number of phenols is 2. The van der Waals surface area contributed by atoms with Crippen molar-refractivity contribution >= 4 is 11.8 Å². The molecule has 0 bridgehead atoms. The van der Waals surface area contributed by atoms with E-state index in [4.69, 9.17) is 14.6 Å². The number of para-hydroxylation sites is 2. The number of nitrogens with zero attached hydrogens (tertiary/aromatic N) is 1. The largest absolute Gasteiger partial charge is 0.508 e. The molecule has 0 amide bonds. The smallest absolute Gasteiger partial charge is 0.133 e. The molecule has 0 aliphatic carbocycles. The van der Waals surface area contributed by atoms with E-state index in [1.54, 1.807) is 48.2 Å². The van der Waals surface area contributed by atoms with Gasteiger partial charge in [-0.05, 0) is 68.1 Å². The standard InChI is InChI=1S/C15H23NO.C9H10O2S.C6H6O/c1-12-9-16(10-13(12)2)14(3)11-17-15-7-5-4-6-8-15;1-6-5-12-9-4-7(10)2-3-8(9)11-6;7-6-4-2-1-3-5-6/h4-8,12-14H,9-11H2,1-3H3;2-4,6,10H,5H2,1H3;1-5,7H/t12-,13-,14-;;/m0../s1. The zero-order chi connectivity index (χ0) is 25.9. The summed E-state index contributed by atoms with van der Waals surface area (Å²) in [5, 5.41) is 17.8. The molecule has 1 fully saturated rings. The van der Waals surface area contributed by atoms with Gasteiger partial charge in [-0.3, -0.25) is 4.90 Å². The second-order valence-electron chi connectivity index (χ2n) is 9.59. The van der Waals surface area contributed by atoms with E-state index in [9.17, 15) is 5.11 Å². The van der Waals surface area contributed by atoms with Crippen molar-refractivity contribution in [2.75, 3.05) is 25.4 Å². The number of aromatic hydroxyl groups is 2. The van der Waals surface area contributed by atoms with Crippen molar-refractivity contribution in [1.29, 1.82) is 0 Å². The van der Waals surface area contributed by atoms with E-state index in [1.807, 2.05) is 49.4 Å². The Morgan fingerprint density at radius 2 is 1.50 bits per heavy atom. The molecule has 36 heavy (non-hydrogen) atoms. The first-order valence-electron chi connectivity index (χ1n) is 12.6. The lowest BCUT2D eigenvalue weighted by molar-refractivity contribution is 0.167. The summed E-state index contributed by atoms with van der Waals surface area (Å²) in [7, 11) is 0. The van der Waals surface area contributed by atoms with Crippen LogP contribution in [0.3, 0.4) is 0 Å². The lowest BCUT2D eigenvalue weighted by Crippen LogP contribution is -2.35. The lowest BCUT2D eigenvalue weighted by atomic mass is 10.0. The summed E-state index contributed by atoms with van der Waals surface area (Å²) in [6, 6.07) is 24.5. The zero-order valence-electron chi connectivity index (χ0n) is 21.7. The molecule has 194 valence electrons. The quantitative estimate of drug-likeness (QED) is 0.408. The van der Waals surface area contributed by atoms with Crippen molar-refractivity contribution in [1.82, 2.24) is 4.90 Å². The summed E-state index contributed by atoms with van der Waals surface area (Å²) in [5.74, 6) is 5.07. The Labute approximate surface area is 220 Å². The maximum atomic E-state index is 9.19. The number of ether oxygens (including phenoxy) is 2. The van der Waals surface area contributed by atoms with Crippen LogP contribution in [0.2, 0.25) is 0 Å². The van der Waals surface area contributed by atoms with Gasteiger partial charge in [-0.2, -0.15) is 0 Å². The van der Waals surface area contributed by atoms with E-state index in [2.05, 4.69) is 25.7 Å². The molecule has 2 aliphatic heterocycles. The normalized spacial score (nSPS) is 21.5. The number of phenolic OH excluding ortho intramolecular Hbond substituents is 2. The maximum absolute atomic E-state index is 9.19. The molecule has 0 aromatic heterocycles. The Balaban J connectivity index is 0.000000164. The highest BCUT2D eigenvalue weighted by molar-refractivity contribution is 7.99. The number of fused-ring (bicyclic) bond motifs is 1. The highest BCUT2D eigenvalue weighted by Crippen LogP contribution is 2.37. The molecule has 2 N–H and O–H groups in total. The Hall–Kier alpha value is -2.83. The van der Waals surface area contributed by atoms with Crippen LogP contribution in [0.15, 0.2) is 83.8 Å². The van der Waals surface area contributed by atoms with Crippen molar-refractivity contribution in [3.63, 3.8) is 0 Å². The molecular weight excluding hydrogens is 470 g/mol. The number of hydrogen-bond donors (Lipinski definition) is 2. The summed E-state index contributed by atoms with van der Waals surface area (Å²) in [6.07, 6.45) is 0.270. The third-order valence-corrected chi connectivity index (χ3v) is 7.63. The van der Waals surface area contributed by atoms with Gasteiger partial charge in [0.2, 0.25) is 0 Å². The molecule has 0 radical (unpaired) electrons. The van der Waals surface area contributed by atoms with E-state index in [0.29, 0.717) is 17.5 Å². The van der Waals surface area contributed by atoms with Gasteiger partial charge < -0.3 is 19.7 Å². The predicted octanol–water partition coefficient (Wildman–Crippen LogP) is 6.70. The zero-order valence-corrected chi connectivity index (χ0v) is 22.5. The summed E-state index contributed by atoms with van der Waals surface area (Å²) in [6.45, 7) is 12.2. The first-order valence-corrected chi connectivity index (χ1v) is 13.6. The van der Waals surface area contributed by atoms with Crippen molar-refractivity contribution in [3.8, 4) is 23.0 Å². The van der Waals surface area contributed by atoms with Gasteiger partial charge in [-0.15, -0.1) is 11.8 Å². The second kappa shape index (κ2) is 14.0. The molecule has 2 aliphatic rings. The molecule has 2 heterocycles. The fourth-order valence-corrected chi connectivity index (χ4v) is 4.91. The van der Waals surface area contributed by atoms with Crippen LogP contribution in [0.1, 0.15) is 27.7 Å². The number of benzene rings is 3. The van der Waals surface area contributed by atoms with Crippen LogP contribution in [0.25, 0.3) is 0 Å². The van der Waals surface area contributed by atoms with E-state index in [1.165, 1.54) is 13.1 Å². The van der Waals surface area contributed by atoms with Gasteiger partial charge in [0.15, 0.2) is 0 Å². The molecule has 1 saturated heterocycles. The molecular formula is C30H39NO4S. The number of thioether (sulfide) groups is 1. The monoisotopic (exact) mass is 509 g/mol. The Kier molecular flexibility index (Phi) is 10.8. The summed E-state index contributed by atoms with van der Waals surface area (Å²) in [5.41, 5.74) is 0. The van der Waals surface area contributed by atoms with Crippen LogP contribution in [0.5, 0.6) is 23.0 Å². The minimum atomic E-state index is 0.270. The molecule has 5 rings (SSSR count). The van der Waals surface area contributed by atoms with Crippen molar-refractivity contribution in [3.05, 3.63) is 78.9 Å². The molecule has 5 nitrogen and oxygen atoms in total. The number of rotatable bonds is 4.